The van der Waals surface area contributed by atoms with Gasteiger partial charge >= 0.3 is 0 Å². The number of fused-ring (bicyclic) bond motifs is 2. The Morgan fingerprint density at radius 2 is 1.68 bits per heavy atom. The van der Waals surface area contributed by atoms with Gasteiger partial charge in [0.1, 0.15) is 0 Å². The number of para-hydroxylation sites is 2. The van der Waals surface area contributed by atoms with E-state index in [0.29, 0.717) is 5.13 Å². The van der Waals surface area contributed by atoms with Gasteiger partial charge in [-0.05, 0) is 42.8 Å². The van der Waals surface area contributed by atoms with E-state index in [0.717, 1.165) is 38.7 Å². The van der Waals surface area contributed by atoms with Crippen LogP contribution in [0, 0.1) is 6.92 Å². The van der Waals surface area contributed by atoms with E-state index in [1.807, 2.05) is 49.4 Å². The smallest absolute Gasteiger partial charge is 0.263 e. The van der Waals surface area contributed by atoms with Crippen molar-refractivity contribution < 1.29 is 8.42 Å². The van der Waals surface area contributed by atoms with Gasteiger partial charge in [-0.2, -0.15) is 0 Å². The van der Waals surface area contributed by atoms with Crippen LogP contribution in [0.3, 0.4) is 0 Å². The first-order valence-corrected chi connectivity index (χ1v) is 11.9. The normalized spacial score (nSPS) is 11.6. The molecule has 0 fully saturated rings. The molecule has 0 saturated heterocycles. The molecule has 2 aromatic heterocycles. The first kappa shape index (κ1) is 19.5. The van der Waals surface area contributed by atoms with Crippen LogP contribution in [0.2, 0.25) is 0 Å². The molecule has 5 rings (SSSR count). The zero-order chi connectivity index (χ0) is 21.4. The highest BCUT2D eigenvalue weighted by atomic mass is 32.2. The van der Waals surface area contributed by atoms with Gasteiger partial charge < -0.3 is 5.32 Å². The second-order valence-corrected chi connectivity index (χ2v) is 9.64. The zero-order valence-corrected chi connectivity index (χ0v) is 18.2. The third kappa shape index (κ3) is 3.71. The third-order valence-electron chi connectivity index (χ3n) is 5.00. The van der Waals surface area contributed by atoms with Crippen molar-refractivity contribution in [3.63, 3.8) is 0 Å². The molecule has 0 bridgehead atoms. The van der Waals surface area contributed by atoms with E-state index in [1.54, 1.807) is 35.8 Å². The van der Waals surface area contributed by atoms with Gasteiger partial charge in [-0.1, -0.05) is 36.4 Å². The summed E-state index contributed by atoms with van der Waals surface area (Å²) in [5.41, 5.74) is 4.67. The predicted octanol–water partition coefficient (Wildman–Crippen LogP) is 5.70. The van der Waals surface area contributed by atoms with Crippen molar-refractivity contribution in [3.05, 3.63) is 83.9 Å². The highest BCUT2D eigenvalue weighted by Gasteiger charge is 2.16. The molecule has 0 spiro atoms. The average molecular weight is 447 g/mol. The van der Waals surface area contributed by atoms with E-state index in [1.165, 1.54) is 11.3 Å². The Hall–Kier alpha value is -3.49. The van der Waals surface area contributed by atoms with Crippen LogP contribution in [-0.4, -0.2) is 18.4 Å². The zero-order valence-electron chi connectivity index (χ0n) is 16.5. The number of thiazole rings is 1. The molecule has 2 heterocycles. The van der Waals surface area contributed by atoms with Crippen molar-refractivity contribution in [3.8, 4) is 0 Å². The van der Waals surface area contributed by atoms with Gasteiger partial charge in [0.15, 0.2) is 5.13 Å². The lowest BCUT2D eigenvalue weighted by Gasteiger charge is -2.15. The highest BCUT2D eigenvalue weighted by Crippen LogP contribution is 2.34. The van der Waals surface area contributed by atoms with Gasteiger partial charge in [0.25, 0.3) is 10.0 Å². The molecular weight excluding hydrogens is 428 g/mol. The molecule has 0 saturated carbocycles. The fraction of sp³-hybridized carbons (Fsp3) is 0.0435. The Bertz CT molecular complexity index is 1500. The number of hydrogen-bond donors (Lipinski definition) is 2. The molecule has 0 radical (unpaired) electrons. The number of nitrogens with one attached hydrogen (secondary N) is 2. The van der Waals surface area contributed by atoms with Crippen LogP contribution in [-0.2, 0) is 10.0 Å². The molecule has 0 amide bonds. The molecule has 3 aromatic carbocycles. The number of hydrogen-bond acceptors (Lipinski definition) is 6. The van der Waals surface area contributed by atoms with Crippen LogP contribution in [0.1, 0.15) is 5.56 Å². The molecule has 2 N–H and O–H groups in total. The second kappa shape index (κ2) is 7.64. The minimum Gasteiger partial charge on any atom is -0.354 e. The largest absolute Gasteiger partial charge is 0.354 e. The lowest BCUT2D eigenvalue weighted by molar-refractivity contribution is 0.601. The van der Waals surface area contributed by atoms with Gasteiger partial charge in [-0.15, -0.1) is 11.3 Å². The number of pyridine rings is 1. The Morgan fingerprint density at radius 1 is 0.903 bits per heavy atom. The summed E-state index contributed by atoms with van der Waals surface area (Å²) in [6, 6.07) is 20.7. The average Bonchev–Trinajstić information content (AvgIpc) is 3.27. The summed E-state index contributed by atoms with van der Waals surface area (Å²) in [6.45, 7) is 2.04. The van der Waals surface area contributed by atoms with Crippen LogP contribution in [0.15, 0.2) is 83.2 Å². The third-order valence-corrected chi connectivity index (χ3v) is 7.17. The number of aryl methyl sites for hydroxylation is 1. The Labute approximate surface area is 183 Å². The maximum atomic E-state index is 12.6. The van der Waals surface area contributed by atoms with Crippen molar-refractivity contribution in [2.45, 2.75) is 11.8 Å². The van der Waals surface area contributed by atoms with Crippen molar-refractivity contribution >= 4 is 59.7 Å². The molecule has 5 aromatic rings. The maximum absolute atomic E-state index is 12.6. The Kier molecular flexibility index (Phi) is 4.80. The van der Waals surface area contributed by atoms with Crippen molar-refractivity contribution in [2.24, 2.45) is 0 Å². The lowest BCUT2D eigenvalue weighted by atomic mass is 10.0. The summed E-state index contributed by atoms with van der Waals surface area (Å²) < 4.78 is 27.7. The van der Waals surface area contributed by atoms with E-state index in [9.17, 15) is 8.42 Å². The molecule has 0 aliphatic heterocycles. The van der Waals surface area contributed by atoms with Gasteiger partial charge in [-0.3, -0.25) is 4.72 Å². The number of anilines is 3. The Balaban J connectivity index is 1.53. The summed E-state index contributed by atoms with van der Waals surface area (Å²) in [5, 5.41) is 7.55. The molecule has 8 heteroatoms. The molecule has 31 heavy (non-hydrogen) atoms. The van der Waals surface area contributed by atoms with Crippen LogP contribution in [0.4, 0.5) is 16.5 Å². The molecular formula is C23H18N4O2S2. The SMILES string of the molecule is Cc1cccc2c(Nc3ccc(S(=O)(=O)Nc4nccs4)cc3)c3ccccc3nc12. The summed E-state index contributed by atoms with van der Waals surface area (Å²) in [4.78, 5) is 8.98. The molecule has 154 valence electrons. The minimum atomic E-state index is -3.69. The van der Waals surface area contributed by atoms with Gasteiger partial charge in [0.2, 0.25) is 0 Å². The van der Waals surface area contributed by atoms with Gasteiger partial charge in [-0.25, -0.2) is 18.4 Å². The van der Waals surface area contributed by atoms with Crippen LogP contribution in [0.5, 0.6) is 0 Å². The number of aromatic nitrogens is 2. The van der Waals surface area contributed by atoms with Crippen LogP contribution >= 0.6 is 11.3 Å². The maximum Gasteiger partial charge on any atom is 0.263 e. The van der Waals surface area contributed by atoms with Crippen molar-refractivity contribution in [1.29, 1.82) is 0 Å². The number of sulfonamides is 1. The minimum absolute atomic E-state index is 0.175. The van der Waals surface area contributed by atoms with Crippen molar-refractivity contribution in [2.75, 3.05) is 10.0 Å². The topological polar surface area (TPSA) is 84.0 Å². The first-order chi connectivity index (χ1) is 15.0. The van der Waals surface area contributed by atoms with Crippen LogP contribution in [0.25, 0.3) is 21.8 Å². The first-order valence-electron chi connectivity index (χ1n) is 9.59. The molecule has 6 nitrogen and oxygen atoms in total. The quantitative estimate of drug-likeness (QED) is 0.339. The lowest BCUT2D eigenvalue weighted by Crippen LogP contribution is -2.12. The number of benzene rings is 3. The van der Waals surface area contributed by atoms with Crippen molar-refractivity contribution in [1.82, 2.24) is 9.97 Å². The fourth-order valence-corrected chi connectivity index (χ4v) is 5.29. The predicted molar refractivity (Wildman–Crippen MR) is 127 cm³/mol. The fourth-order valence-electron chi connectivity index (χ4n) is 3.50. The summed E-state index contributed by atoms with van der Waals surface area (Å²) >= 11 is 1.23. The highest BCUT2D eigenvalue weighted by molar-refractivity contribution is 7.93. The van der Waals surface area contributed by atoms with Gasteiger partial charge in [0, 0.05) is 28.0 Å². The van der Waals surface area contributed by atoms with Crippen LogP contribution < -0.4 is 10.0 Å². The van der Waals surface area contributed by atoms with E-state index < -0.39 is 10.0 Å². The molecule has 0 unspecified atom stereocenters. The molecule has 0 atom stereocenters. The molecule has 0 aliphatic rings. The standard InChI is InChI=1S/C23H18N4O2S2/c1-15-5-4-7-19-21(15)26-20-8-3-2-6-18(20)22(19)25-16-9-11-17(12-10-16)31(28,29)27-23-24-13-14-30-23/h2-14H,1H3,(H,24,27)(H,25,26). The number of nitrogens with zero attached hydrogens (tertiary/aromatic N) is 2. The summed E-state index contributed by atoms with van der Waals surface area (Å²) in [5.74, 6) is 0. The second-order valence-electron chi connectivity index (χ2n) is 7.07. The number of rotatable bonds is 5. The Morgan fingerprint density at radius 3 is 2.45 bits per heavy atom. The van der Waals surface area contributed by atoms with E-state index >= 15 is 0 Å². The van der Waals surface area contributed by atoms with E-state index in [-0.39, 0.29) is 4.90 Å². The van der Waals surface area contributed by atoms with E-state index in [2.05, 4.69) is 15.0 Å². The monoisotopic (exact) mass is 446 g/mol. The summed E-state index contributed by atoms with van der Waals surface area (Å²) in [6.07, 6.45) is 1.56. The van der Waals surface area contributed by atoms with Gasteiger partial charge in [0.05, 0.1) is 21.6 Å². The van der Waals surface area contributed by atoms with E-state index in [4.69, 9.17) is 4.98 Å². The summed E-state index contributed by atoms with van der Waals surface area (Å²) in [7, 11) is -3.69. The molecule has 0 aliphatic carbocycles.